The summed E-state index contributed by atoms with van der Waals surface area (Å²) in [4.78, 5) is 4.09. The zero-order valence-corrected chi connectivity index (χ0v) is 8.04. The molecule has 0 spiro atoms. The molecule has 66 valence electrons. The molecule has 1 heterocycles. The fourth-order valence-corrected chi connectivity index (χ4v) is 0.998. The second-order valence-electron chi connectivity index (χ2n) is 2.50. The largest absolute Gasteiger partial charge is 0.256 e. The third kappa shape index (κ3) is 3.30. The molecule has 0 saturated carbocycles. The molecule has 0 aromatic carbocycles. The minimum Gasteiger partial charge on any atom is -0.256 e. The number of aromatic nitrogens is 1. The second kappa shape index (κ2) is 5.39. The maximum absolute atomic E-state index is 8.52. The molecular weight excluding hydrogens is 180 g/mol. The van der Waals surface area contributed by atoms with Gasteiger partial charge in [0.25, 0.3) is 0 Å². The van der Waals surface area contributed by atoms with Crippen LogP contribution in [-0.4, -0.2) is 10.7 Å². The quantitative estimate of drug-likeness (QED) is 0.742. The first-order chi connectivity index (χ1) is 6.36. The van der Waals surface area contributed by atoms with Gasteiger partial charge in [0.2, 0.25) is 0 Å². The van der Waals surface area contributed by atoms with E-state index >= 15 is 0 Å². The van der Waals surface area contributed by atoms with Crippen LogP contribution < -0.4 is 0 Å². The first-order valence-electron chi connectivity index (χ1n) is 4.00. The minimum absolute atomic E-state index is 0.589. The fourth-order valence-electron chi connectivity index (χ4n) is 0.849. The summed E-state index contributed by atoms with van der Waals surface area (Å²) >= 11 is 4.08. The van der Waals surface area contributed by atoms with Crippen LogP contribution in [0.3, 0.4) is 0 Å². The number of nitrogens with zero attached hydrogens (tertiary/aromatic N) is 2. The van der Waals surface area contributed by atoms with E-state index in [-0.39, 0.29) is 0 Å². The Hall–Kier alpha value is -1.27. The molecule has 0 aliphatic heterocycles. The number of rotatable bonds is 3. The fraction of sp³-hybridized carbons (Fsp3) is 0.200. The summed E-state index contributed by atoms with van der Waals surface area (Å²) in [5.74, 6) is 0.840. The maximum atomic E-state index is 8.52. The van der Waals surface area contributed by atoms with Crippen LogP contribution in [0.5, 0.6) is 0 Å². The Balaban J connectivity index is 2.65. The highest BCUT2D eigenvalue weighted by Gasteiger charge is 1.89. The molecule has 1 rings (SSSR count). The zero-order valence-electron chi connectivity index (χ0n) is 7.14. The van der Waals surface area contributed by atoms with E-state index in [1.807, 2.05) is 24.3 Å². The van der Waals surface area contributed by atoms with E-state index < -0.39 is 0 Å². The Morgan fingerprint density at radius 2 is 2.38 bits per heavy atom. The van der Waals surface area contributed by atoms with Gasteiger partial charge in [0.05, 0.1) is 11.3 Å². The van der Waals surface area contributed by atoms with Crippen LogP contribution in [0.25, 0.3) is 6.08 Å². The molecule has 0 bridgehead atoms. The molecule has 1 aromatic rings. The number of hydrogen-bond acceptors (Lipinski definition) is 3. The van der Waals surface area contributed by atoms with Crippen molar-refractivity contribution in [1.29, 1.82) is 5.26 Å². The lowest BCUT2D eigenvalue weighted by molar-refractivity contribution is 1.24. The molecule has 0 aliphatic carbocycles. The number of nitriles is 1. The molecule has 1 aromatic heterocycles. The van der Waals surface area contributed by atoms with Crippen molar-refractivity contribution in [3.05, 3.63) is 35.7 Å². The highest BCUT2D eigenvalue weighted by Crippen LogP contribution is 2.01. The van der Waals surface area contributed by atoms with Gasteiger partial charge < -0.3 is 0 Å². The zero-order chi connectivity index (χ0) is 9.52. The lowest BCUT2D eigenvalue weighted by Gasteiger charge is -1.91. The predicted molar refractivity (Wildman–Crippen MR) is 56.5 cm³/mol. The van der Waals surface area contributed by atoms with Crippen LogP contribution in [0.4, 0.5) is 0 Å². The van der Waals surface area contributed by atoms with E-state index in [0.717, 1.165) is 17.9 Å². The number of pyridine rings is 1. The Labute approximate surface area is 83.3 Å². The Morgan fingerprint density at radius 1 is 1.54 bits per heavy atom. The second-order valence-corrected chi connectivity index (χ2v) is 2.95. The molecule has 3 heteroatoms. The van der Waals surface area contributed by atoms with E-state index in [4.69, 9.17) is 5.26 Å². The Kier molecular flexibility index (Phi) is 4.07. The van der Waals surface area contributed by atoms with Gasteiger partial charge in [0, 0.05) is 6.20 Å². The first-order valence-corrected chi connectivity index (χ1v) is 4.63. The summed E-state index contributed by atoms with van der Waals surface area (Å²) in [7, 11) is 0. The highest BCUT2D eigenvalue weighted by molar-refractivity contribution is 7.80. The molecule has 2 nitrogen and oxygen atoms in total. The van der Waals surface area contributed by atoms with Crippen molar-refractivity contribution in [2.24, 2.45) is 0 Å². The summed E-state index contributed by atoms with van der Waals surface area (Å²) < 4.78 is 0. The van der Waals surface area contributed by atoms with Gasteiger partial charge >= 0.3 is 0 Å². The van der Waals surface area contributed by atoms with E-state index in [9.17, 15) is 0 Å². The van der Waals surface area contributed by atoms with Gasteiger partial charge in [0.15, 0.2) is 0 Å². The van der Waals surface area contributed by atoms with E-state index in [1.54, 1.807) is 12.3 Å². The van der Waals surface area contributed by atoms with Crippen molar-refractivity contribution in [2.45, 2.75) is 6.42 Å². The van der Waals surface area contributed by atoms with E-state index in [2.05, 4.69) is 17.6 Å². The smallest absolute Gasteiger partial charge is 0.101 e. The number of thiol groups is 1. The molecule has 0 N–H and O–H groups in total. The van der Waals surface area contributed by atoms with Crippen molar-refractivity contribution in [3.63, 3.8) is 0 Å². The van der Waals surface area contributed by atoms with Crippen LogP contribution in [0.2, 0.25) is 0 Å². The van der Waals surface area contributed by atoms with E-state index in [1.165, 1.54) is 0 Å². The van der Waals surface area contributed by atoms with Crippen LogP contribution in [0, 0.1) is 11.3 Å². The van der Waals surface area contributed by atoms with Gasteiger partial charge in [-0.25, -0.2) is 0 Å². The summed E-state index contributed by atoms with van der Waals surface area (Å²) in [5.41, 5.74) is 1.46. The monoisotopic (exact) mass is 190 g/mol. The van der Waals surface area contributed by atoms with Gasteiger partial charge in [-0.05, 0) is 30.4 Å². The summed E-state index contributed by atoms with van der Waals surface area (Å²) in [6.45, 7) is 0. The molecule has 0 amide bonds. The Bertz CT molecular complexity index is 322. The molecule has 0 radical (unpaired) electrons. The lowest BCUT2D eigenvalue weighted by Crippen LogP contribution is -1.81. The lowest BCUT2D eigenvalue weighted by atomic mass is 10.2. The van der Waals surface area contributed by atoms with Crippen molar-refractivity contribution < 1.29 is 0 Å². The van der Waals surface area contributed by atoms with Crippen molar-refractivity contribution in [1.82, 2.24) is 4.98 Å². The highest BCUT2D eigenvalue weighted by atomic mass is 32.1. The van der Waals surface area contributed by atoms with Crippen LogP contribution in [0.15, 0.2) is 24.4 Å². The topological polar surface area (TPSA) is 36.7 Å². The number of allylic oxidation sites excluding steroid dienone is 1. The predicted octanol–water partition coefficient (Wildman–Crippen LogP) is 2.29. The molecule has 0 saturated heterocycles. The standard InChI is InChI=1S/C10H10N2S/c11-7-9-4-5-10(12-8-9)3-1-2-6-13/h1,3-5,8,13H,2,6H2. The van der Waals surface area contributed by atoms with Gasteiger partial charge in [-0.15, -0.1) is 0 Å². The molecule has 0 aliphatic rings. The van der Waals surface area contributed by atoms with Crippen LogP contribution in [0.1, 0.15) is 17.7 Å². The van der Waals surface area contributed by atoms with Gasteiger partial charge in [-0.1, -0.05) is 6.08 Å². The normalized spacial score (nSPS) is 10.2. The third-order valence-electron chi connectivity index (χ3n) is 1.50. The van der Waals surface area contributed by atoms with E-state index in [0.29, 0.717) is 5.56 Å². The molecule has 13 heavy (non-hydrogen) atoms. The van der Waals surface area contributed by atoms with Crippen molar-refractivity contribution in [3.8, 4) is 6.07 Å². The Morgan fingerprint density at radius 3 is 2.92 bits per heavy atom. The minimum atomic E-state index is 0.589. The summed E-state index contributed by atoms with van der Waals surface area (Å²) in [6.07, 6.45) is 6.45. The van der Waals surface area contributed by atoms with Crippen LogP contribution >= 0.6 is 12.6 Å². The molecule has 0 unspecified atom stereocenters. The third-order valence-corrected chi connectivity index (χ3v) is 1.76. The van der Waals surface area contributed by atoms with Crippen molar-refractivity contribution >= 4 is 18.7 Å². The molecule has 0 atom stereocenters. The maximum Gasteiger partial charge on any atom is 0.101 e. The van der Waals surface area contributed by atoms with Crippen LogP contribution in [-0.2, 0) is 0 Å². The van der Waals surface area contributed by atoms with Gasteiger partial charge in [-0.3, -0.25) is 4.98 Å². The summed E-state index contributed by atoms with van der Waals surface area (Å²) in [5, 5.41) is 8.52. The first kappa shape index (κ1) is 9.82. The van der Waals surface area contributed by atoms with Gasteiger partial charge in [0.1, 0.15) is 6.07 Å². The number of hydrogen-bond donors (Lipinski definition) is 1. The average Bonchev–Trinajstić information content (AvgIpc) is 2.19. The summed E-state index contributed by atoms with van der Waals surface area (Å²) in [6, 6.07) is 5.61. The van der Waals surface area contributed by atoms with Crippen molar-refractivity contribution in [2.75, 3.05) is 5.75 Å². The average molecular weight is 190 g/mol. The van der Waals surface area contributed by atoms with Gasteiger partial charge in [-0.2, -0.15) is 17.9 Å². The SMILES string of the molecule is N#Cc1ccc(C=CCCS)nc1. The molecular formula is C10H10N2S. The molecule has 0 fully saturated rings.